The maximum absolute atomic E-state index is 5.33. The molecule has 0 aromatic rings. The Morgan fingerprint density at radius 2 is 2.09 bits per heavy atom. The van der Waals surface area contributed by atoms with Crippen molar-refractivity contribution in [3.63, 3.8) is 0 Å². The Morgan fingerprint density at radius 3 is 2.68 bits per heavy atom. The van der Waals surface area contributed by atoms with E-state index in [-0.39, 0.29) is 24.0 Å². The highest BCUT2D eigenvalue weighted by Gasteiger charge is 2.07. The summed E-state index contributed by atoms with van der Waals surface area (Å²) in [5.74, 6) is 1.70. The van der Waals surface area contributed by atoms with Crippen LogP contribution >= 0.6 is 24.0 Å². The molecule has 0 fully saturated rings. The minimum atomic E-state index is 0. The molecule has 0 saturated heterocycles. The summed E-state index contributed by atoms with van der Waals surface area (Å²) in [6, 6.07) is 0.465. The molecule has 0 aromatic carbocycles. The van der Waals surface area contributed by atoms with Gasteiger partial charge in [0, 0.05) is 19.1 Å². The fourth-order valence-corrected chi connectivity index (χ4v) is 2.31. The molecule has 0 radical (unpaired) electrons. The zero-order valence-corrected chi connectivity index (χ0v) is 17.0. The molecule has 1 aliphatic rings. The van der Waals surface area contributed by atoms with Crippen LogP contribution in [0.4, 0.5) is 0 Å². The van der Waals surface area contributed by atoms with E-state index in [0.29, 0.717) is 6.04 Å². The quantitative estimate of drug-likeness (QED) is 0.271. The highest BCUT2D eigenvalue weighted by atomic mass is 127. The number of hydrogen-bond donors (Lipinski definition) is 2. The Balaban J connectivity index is 0.00000441. The molecule has 1 unspecified atom stereocenters. The van der Waals surface area contributed by atoms with Gasteiger partial charge in [0.05, 0.1) is 13.2 Å². The number of ether oxygens (including phenoxy) is 1. The lowest BCUT2D eigenvalue weighted by Crippen LogP contribution is -2.42. The fraction of sp³-hybridized carbons (Fsp3) is 0.824. The first kappa shape index (κ1) is 21.7. The monoisotopic (exact) mass is 423 g/mol. The zero-order chi connectivity index (χ0) is 15.5. The molecule has 5 heteroatoms. The number of nitrogens with one attached hydrogen (secondary N) is 2. The van der Waals surface area contributed by atoms with Crippen molar-refractivity contribution in [3.05, 3.63) is 11.6 Å². The molecule has 1 heterocycles. The minimum Gasteiger partial charge on any atom is -0.377 e. The number of aliphatic imine (C=N–C) groups is 1. The summed E-state index contributed by atoms with van der Waals surface area (Å²) >= 11 is 0. The summed E-state index contributed by atoms with van der Waals surface area (Å²) in [6.07, 6.45) is 6.74. The number of guanidine groups is 1. The Hall–Kier alpha value is -0.300. The van der Waals surface area contributed by atoms with Gasteiger partial charge in [0.2, 0.25) is 0 Å². The van der Waals surface area contributed by atoms with Gasteiger partial charge in [-0.15, -0.1) is 24.0 Å². The van der Waals surface area contributed by atoms with E-state index in [1.54, 1.807) is 0 Å². The van der Waals surface area contributed by atoms with Crippen LogP contribution in [0.3, 0.4) is 0 Å². The van der Waals surface area contributed by atoms with Crippen LogP contribution in [-0.2, 0) is 4.74 Å². The predicted molar refractivity (Wildman–Crippen MR) is 106 cm³/mol. The third-order valence-electron chi connectivity index (χ3n) is 3.66. The Kier molecular flexibility index (Phi) is 13.0. The van der Waals surface area contributed by atoms with E-state index in [1.165, 1.54) is 18.4 Å². The van der Waals surface area contributed by atoms with Crippen molar-refractivity contribution in [1.29, 1.82) is 0 Å². The molecule has 0 spiro atoms. The lowest BCUT2D eigenvalue weighted by atomic mass is 10.0. The largest absolute Gasteiger partial charge is 0.377 e. The molecule has 130 valence electrons. The van der Waals surface area contributed by atoms with E-state index >= 15 is 0 Å². The van der Waals surface area contributed by atoms with E-state index < -0.39 is 0 Å². The van der Waals surface area contributed by atoms with Crippen molar-refractivity contribution < 1.29 is 4.74 Å². The van der Waals surface area contributed by atoms with Gasteiger partial charge in [-0.3, -0.25) is 4.99 Å². The molecule has 0 bridgehead atoms. The molecule has 2 N–H and O–H groups in total. The molecule has 0 saturated carbocycles. The highest BCUT2D eigenvalue weighted by molar-refractivity contribution is 14.0. The van der Waals surface area contributed by atoms with Crippen molar-refractivity contribution in [3.8, 4) is 0 Å². The van der Waals surface area contributed by atoms with Gasteiger partial charge in [-0.25, -0.2) is 0 Å². The van der Waals surface area contributed by atoms with E-state index in [4.69, 9.17) is 4.74 Å². The number of rotatable bonds is 8. The van der Waals surface area contributed by atoms with E-state index in [1.807, 2.05) is 0 Å². The van der Waals surface area contributed by atoms with Crippen LogP contribution in [0, 0.1) is 5.92 Å². The first-order valence-corrected chi connectivity index (χ1v) is 8.42. The molecule has 0 aliphatic carbocycles. The van der Waals surface area contributed by atoms with Gasteiger partial charge in [-0.05, 0) is 45.4 Å². The van der Waals surface area contributed by atoms with Crippen molar-refractivity contribution in [2.75, 3.05) is 26.3 Å². The van der Waals surface area contributed by atoms with Crippen LogP contribution < -0.4 is 10.6 Å². The third kappa shape index (κ3) is 10.4. The Morgan fingerprint density at radius 1 is 1.32 bits per heavy atom. The van der Waals surface area contributed by atoms with Gasteiger partial charge in [0.1, 0.15) is 0 Å². The molecule has 1 aliphatic heterocycles. The SMILES string of the molecule is CCNC(=NCCC1=CCOCC1)NC(C)CCC(C)C.I. The van der Waals surface area contributed by atoms with Crippen LogP contribution in [-0.4, -0.2) is 38.3 Å². The second-order valence-corrected chi connectivity index (χ2v) is 6.21. The van der Waals surface area contributed by atoms with E-state index in [9.17, 15) is 0 Å². The van der Waals surface area contributed by atoms with Gasteiger partial charge < -0.3 is 15.4 Å². The topological polar surface area (TPSA) is 45.7 Å². The lowest BCUT2D eigenvalue weighted by Gasteiger charge is -2.19. The smallest absolute Gasteiger partial charge is 0.191 e. The zero-order valence-electron chi connectivity index (χ0n) is 14.7. The Bertz CT molecular complexity index is 343. The minimum absolute atomic E-state index is 0. The van der Waals surface area contributed by atoms with Gasteiger partial charge in [-0.1, -0.05) is 25.5 Å². The van der Waals surface area contributed by atoms with Gasteiger partial charge in [0.25, 0.3) is 0 Å². The van der Waals surface area contributed by atoms with Crippen LogP contribution in [0.15, 0.2) is 16.6 Å². The molecule has 4 nitrogen and oxygen atoms in total. The van der Waals surface area contributed by atoms with Crippen LogP contribution in [0.1, 0.15) is 53.4 Å². The third-order valence-corrected chi connectivity index (χ3v) is 3.66. The number of halogens is 1. The summed E-state index contributed by atoms with van der Waals surface area (Å²) in [7, 11) is 0. The average Bonchev–Trinajstić information content (AvgIpc) is 2.46. The number of nitrogens with zero attached hydrogens (tertiary/aromatic N) is 1. The van der Waals surface area contributed by atoms with Crippen LogP contribution in [0.25, 0.3) is 0 Å². The van der Waals surface area contributed by atoms with Crippen molar-refractivity contribution >= 4 is 29.9 Å². The second kappa shape index (κ2) is 13.2. The lowest BCUT2D eigenvalue weighted by molar-refractivity contribution is 0.153. The van der Waals surface area contributed by atoms with Crippen molar-refractivity contribution in [2.24, 2.45) is 10.9 Å². The maximum Gasteiger partial charge on any atom is 0.191 e. The normalized spacial score (nSPS) is 16.8. The summed E-state index contributed by atoms with van der Waals surface area (Å²) in [5, 5.41) is 6.84. The van der Waals surface area contributed by atoms with Crippen molar-refractivity contribution in [1.82, 2.24) is 10.6 Å². The van der Waals surface area contributed by atoms with E-state index in [0.717, 1.165) is 51.0 Å². The summed E-state index contributed by atoms with van der Waals surface area (Å²) in [4.78, 5) is 4.69. The second-order valence-electron chi connectivity index (χ2n) is 6.21. The first-order valence-electron chi connectivity index (χ1n) is 8.42. The molecule has 0 amide bonds. The van der Waals surface area contributed by atoms with Crippen LogP contribution in [0.2, 0.25) is 0 Å². The van der Waals surface area contributed by atoms with Gasteiger partial charge >= 0.3 is 0 Å². The first-order chi connectivity index (χ1) is 10.1. The van der Waals surface area contributed by atoms with Crippen LogP contribution in [0.5, 0.6) is 0 Å². The fourth-order valence-electron chi connectivity index (χ4n) is 2.31. The summed E-state index contributed by atoms with van der Waals surface area (Å²) < 4.78 is 5.33. The Labute approximate surface area is 153 Å². The summed E-state index contributed by atoms with van der Waals surface area (Å²) in [5.41, 5.74) is 1.48. The predicted octanol–water partition coefficient (Wildman–Crippen LogP) is 3.72. The number of hydrogen-bond acceptors (Lipinski definition) is 2. The molecular weight excluding hydrogens is 389 g/mol. The van der Waals surface area contributed by atoms with Gasteiger partial charge in [0.15, 0.2) is 5.96 Å². The highest BCUT2D eigenvalue weighted by Crippen LogP contribution is 2.11. The molecule has 1 rings (SSSR count). The van der Waals surface area contributed by atoms with E-state index in [2.05, 4.69) is 49.4 Å². The standard InChI is InChI=1S/C17H33N3O.HI/c1-5-18-17(20-15(4)7-6-14(2)3)19-11-8-16-9-12-21-13-10-16;/h9,14-15H,5-8,10-13H2,1-4H3,(H2,18,19,20);1H. The molecular formula is C17H34IN3O. The molecule has 22 heavy (non-hydrogen) atoms. The average molecular weight is 423 g/mol. The van der Waals surface area contributed by atoms with Crippen molar-refractivity contribution in [2.45, 2.75) is 59.4 Å². The van der Waals surface area contributed by atoms with Gasteiger partial charge in [-0.2, -0.15) is 0 Å². The maximum atomic E-state index is 5.33. The molecule has 0 aromatic heterocycles. The molecule has 1 atom stereocenters. The summed E-state index contributed by atoms with van der Waals surface area (Å²) in [6.45, 7) is 12.3.